The number of nitrogens with zero attached hydrogens (tertiary/aromatic N) is 3. The number of aryl methyl sites for hydroxylation is 1. The first-order valence-electron chi connectivity index (χ1n) is 6.44. The van der Waals surface area contributed by atoms with Gasteiger partial charge in [-0.3, -0.25) is 0 Å². The Morgan fingerprint density at radius 3 is 2.37 bits per heavy atom. The summed E-state index contributed by atoms with van der Waals surface area (Å²) in [4.78, 5) is 8.79. The molecule has 100 valence electrons. The Kier molecular flexibility index (Phi) is 2.53. The number of hydrogen-bond donors (Lipinski definition) is 0. The minimum absolute atomic E-state index is 0.349. The lowest BCUT2D eigenvalue weighted by Gasteiger charge is -2.32. The quantitative estimate of drug-likeness (QED) is 0.723. The van der Waals surface area contributed by atoms with Gasteiger partial charge < -0.3 is 13.9 Å². The van der Waals surface area contributed by atoms with Crippen molar-refractivity contribution < 1.29 is 9.31 Å². The summed E-state index contributed by atoms with van der Waals surface area (Å²) in [7, 11) is 1.52. The Labute approximate surface area is 113 Å². The Bertz CT molecular complexity index is 620. The molecule has 0 atom stereocenters. The molecule has 6 heteroatoms. The van der Waals surface area contributed by atoms with E-state index in [1.165, 1.54) is 0 Å². The molecule has 1 fully saturated rings. The molecule has 1 saturated heterocycles. The normalized spacial score (nSPS) is 21.2. The van der Waals surface area contributed by atoms with Crippen LogP contribution in [0.3, 0.4) is 0 Å². The Morgan fingerprint density at radius 1 is 1.11 bits per heavy atom. The molecular formula is C13H18BN3O2. The average Bonchev–Trinajstić information content (AvgIpc) is 2.78. The van der Waals surface area contributed by atoms with Gasteiger partial charge in [-0.05, 0) is 39.8 Å². The molecule has 0 unspecified atom stereocenters. The lowest BCUT2D eigenvalue weighted by Crippen LogP contribution is -2.41. The van der Waals surface area contributed by atoms with Crippen LogP contribution in [0.15, 0.2) is 18.5 Å². The van der Waals surface area contributed by atoms with Crippen LogP contribution in [0.2, 0.25) is 0 Å². The fourth-order valence-electron chi connectivity index (χ4n) is 2.12. The molecule has 0 aromatic carbocycles. The summed E-state index contributed by atoms with van der Waals surface area (Å²) in [6.07, 6.45) is 1.76. The second-order valence-electron chi connectivity index (χ2n) is 6.02. The first-order chi connectivity index (χ1) is 8.80. The molecule has 0 aliphatic carbocycles. The molecule has 2 aromatic heterocycles. The number of aromatic nitrogens is 3. The highest BCUT2D eigenvalue weighted by Gasteiger charge is 2.52. The van der Waals surface area contributed by atoms with E-state index in [0.29, 0.717) is 0 Å². The molecule has 2 aromatic rings. The van der Waals surface area contributed by atoms with Crippen molar-refractivity contribution in [3.63, 3.8) is 0 Å². The van der Waals surface area contributed by atoms with Crippen molar-refractivity contribution >= 4 is 23.9 Å². The highest BCUT2D eigenvalue weighted by molar-refractivity contribution is 6.61. The highest BCUT2D eigenvalue weighted by Crippen LogP contribution is 2.36. The summed E-state index contributed by atoms with van der Waals surface area (Å²) in [5.41, 5.74) is 1.79. The van der Waals surface area contributed by atoms with Crippen LogP contribution in [-0.2, 0) is 16.4 Å². The fraction of sp³-hybridized carbons (Fsp3) is 0.538. The van der Waals surface area contributed by atoms with Crippen LogP contribution in [-0.4, -0.2) is 32.9 Å². The van der Waals surface area contributed by atoms with E-state index in [9.17, 15) is 0 Å². The van der Waals surface area contributed by atoms with Crippen molar-refractivity contribution in [2.24, 2.45) is 7.05 Å². The fourth-order valence-corrected chi connectivity index (χ4v) is 2.12. The van der Waals surface area contributed by atoms with E-state index in [0.717, 1.165) is 16.8 Å². The van der Waals surface area contributed by atoms with Crippen LogP contribution in [0.1, 0.15) is 27.7 Å². The van der Waals surface area contributed by atoms with Gasteiger partial charge in [0, 0.05) is 7.05 Å². The van der Waals surface area contributed by atoms with Gasteiger partial charge in [0.05, 0.1) is 28.6 Å². The average molecular weight is 259 g/mol. The predicted molar refractivity (Wildman–Crippen MR) is 74.2 cm³/mol. The molecule has 0 bridgehead atoms. The number of imidazole rings is 1. The van der Waals surface area contributed by atoms with Gasteiger partial charge in [-0.15, -0.1) is 0 Å². The standard InChI is InChI=1S/C13H18BN3O2/c1-12(2)13(3,4)19-14(18-12)10-7-6-9-11(16-10)15-8-17(9)5/h6-8H,1-5H3. The lowest BCUT2D eigenvalue weighted by molar-refractivity contribution is 0.00578. The molecule has 0 saturated carbocycles. The smallest absolute Gasteiger partial charge is 0.398 e. The molecule has 3 rings (SSSR count). The van der Waals surface area contributed by atoms with Gasteiger partial charge in [0.25, 0.3) is 0 Å². The molecule has 0 amide bonds. The van der Waals surface area contributed by atoms with E-state index < -0.39 is 7.12 Å². The number of fused-ring (bicyclic) bond motifs is 1. The maximum Gasteiger partial charge on any atom is 0.514 e. The van der Waals surface area contributed by atoms with Crippen LogP contribution in [0.25, 0.3) is 11.2 Å². The minimum Gasteiger partial charge on any atom is -0.398 e. The molecule has 0 N–H and O–H groups in total. The summed E-state index contributed by atoms with van der Waals surface area (Å²) < 4.78 is 13.9. The Balaban J connectivity index is 1.98. The van der Waals surface area contributed by atoms with E-state index in [4.69, 9.17) is 9.31 Å². The third-order valence-corrected chi connectivity index (χ3v) is 4.10. The molecule has 5 nitrogen and oxygen atoms in total. The zero-order valence-electron chi connectivity index (χ0n) is 12.0. The van der Waals surface area contributed by atoms with Gasteiger partial charge in [0.2, 0.25) is 0 Å². The van der Waals surface area contributed by atoms with E-state index in [2.05, 4.69) is 9.97 Å². The van der Waals surface area contributed by atoms with E-state index >= 15 is 0 Å². The summed E-state index contributed by atoms with van der Waals surface area (Å²) >= 11 is 0. The number of pyridine rings is 1. The molecule has 0 radical (unpaired) electrons. The van der Waals surface area contributed by atoms with E-state index in [1.54, 1.807) is 6.33 Å². The lowest BCUT2D eigenvalue weighted by atomic mass is 9.84. The summed E-state index contributed by atoms with van der Waals surface area (Å²) in [6, 6.07) is 3.93. The zero-order valence-corrected chi connectivity index (χ0v) is 12.0. The SMILES string of the molecule is Cn1cnc2nc(B3OC(C)(C)C(C)(C)O3)ccc21. The van der Waals surface area contributed by atoms with Gasteiger partial charge in [-0.2, -0.15) is 0 Å². The zero-order chi connectivity index (χ0) is 13.8. The van der Waals surface area contributed by atoms with Crippen LogP contribution in [0, 0.1) is 0 Å². The Hall–Kier alpha value is -1.40. The van der Waals surface area contributed by atoms with Crippen molar-refractivity contribution in [1.29, 1.82) is 0 Å². The predicted octanol–water partition coefficient (Wildman–Crippen LogP) is 1.27. The molecule has 3 heterocycles. The maximum atomic E-state index is 5.99. The highest BCUT2D eigenvalue weighted by atomic mass is 16.7. The molecular weight excluding hydrogens is 241 g/mol. The van der Waals surface area contributed by atoms with Crippen LogP contribution in [0.4, 0.5) is 0 Å². The first kappa shape index (κ1) is 12.6. The summed E-state index contributed by atoms with van der Waals surface area (Å²) in [5.74, 6) is 0. The van der Waals surface area contributed by atoms with Crippen LogP contribution < -0.4 is 5.59 Å². The second-order valence-corrected chi connectivity index (χ2v) is 6.02. The van der Waals surface area contributed by atoms with Crippen molar-refractivity contribution in [1.82, 2.24) is 14.5 Å². The van der Waals surface area contributed by atoms with Gasteiger partial charge in [-0.25, -0.2) is 9.97 Å². The number of hydrogen-bond acceptors (Lipinski definition) is 4. The van der Waals surface area contributed by atoms with E-state index in [1.807, 2.05) is 51.4 Å². The monoisotopic (exact) mass is 259 g/mol. The van der Waals surface area contributed by atoms with Gasteiger partial charge in [0.15, 0.2) is 5.65 Å². The van der Waals surface area contributed by atoms with Crippen molar-refractivity contribution in [3.8, 4) is 0 Å². The van der Waals surface area contributed by atoms with Crippen molar-refractivity contribution in [3.05, 3.63) is 18.5 Å². The topological polar surface area (TPSA) is 49.2 Å². The largest absolute Gasteiger partial charge is 0.514 e. The third-order valence-electron chi connectivity index (χ3n) is 4.10. The summed E-state index contributed by atoms with van der Waals surface area (Å²) in [5, 5.41) is 0. The van der Waals surface area contributed by atoms with Crippen molar-refractivity contribution in [2.45, 2.75) is 38.9 Å². The van der Waals surface area contributed by atoms with Gasteiger partial charge in [0.1, 0.15) is 0 Å². The van der Waals surface area contributed by atoms with Crippen molar-refractivity contribution in [2.75, 3.05) is 0 Å². The summed E-state index contributed by atoms with van der Waals surface area (Å²) in [6.45, 7) is 8.14. The molecule has 0 spiro atoms. The molecule has 1 aliphatic heterocycles. The first-order valence-corrected chi connectivity index (χ1v) is 6.44. The maximum absolute atomic E-state index is 5.99. The minimum atomic E-state index is -0.434. The van der Waals surface area contributed by atoms with Gasteiger partial charge in [-0.1, -0.05) is 0 Å². The second kappa shape index (κ2) is 3.80. The van der Waals surface area contributed by atoms with Gasteiger partial charge >= 0.3 is 7.12 Å². The van der Waals surface area contributed by atoms with Crippen LogP contribution in [0.5, 0.6) is 0 Å². The Morgan fingerprint density at radius 2 is 1.74 bits per heavy atom. The van der Waals surface area contributed by atoms with E-state index in [-0.39, 0.29) is 11.2 Å². The van der Waals surface area contributed by atoms with Crippen LogP contribution >= 0.6 is 0 Å². The molecule has 19 heavy (non-hydrogen) atoms. The number of rotatable bonds is 1. The third kappa shape index (κ3) is 1.86. The molecule has 1 aliphatic rings.